The van der Waals surface area contributed by atoms with Gasteiger partial charge in [0.1, 0.15) is 10.7 Å². The van der Waals surface area contributed by atoms with Crippen molar-refractivity contribution in [2.75, 3.05) is 6.54 Å². The molecule has 1 fully saturated rings. The van der Waals surface area contributed by atoms with Crippen LogP contribution < -0.4 is 0 Å². The lowest BCUT2D eigenvalue weighted by Crippen LogP contribution is -2.30. The van der Waals surface area contributed by atoms with Crippen LogP contribution in [0.5, 0.6) is 0 Å². The third-order valence-electron chi connectivity index (χ3n) is 3.50. The van der Waals surface area contributed by atoms with E-state index in [2.05, 4.69) is 0 Å². The minimum absolute atomic E-state index is 0.167. The number of halogens is 1. The monoisotopic (exact) mass is 311 g/mol. The largest absolute Gasteiger partial charge is 0.246 e. The molecule has 3 nitrogen and oxygen atoms in total. The van der Waals surface area contributed by atoms with E-state index in [1.165, 1.54) is 33.8 Å². The fraction of sp³-hybridized carbons (Fsp3) is 0.286. The summed E-state index contributed by atoms with van der Waals surface area (Å²) in [4.78, 5) is 0.783. The second kappa shape index (κ2) is 5.27. The minimum atomic E-state index is -3.78. The van der Waals surface area contributed by atoms with Crippen LogP contribution in [0.1, 0.15) is 23.8 Å². The minimum Gasteiger partial charge on any atom is -0.207 e. The summed E-state index contributed by atoms with van der Waals surface area (Å²) < 4.78 is 40.5. The second-order valence-corrected chi connectivity index (χ2v) is 7.56. The Kier molecular flexibility index (Phi) is 3.62. The summed E-state index contributed by atoms with van der Waals surface area (Å²) in [5.41, 5.74) is 0. The van der Waals surface area contributed by atoms with Crippen molar-refractivity contribution >= 4 is 21.4 Å². The Hall–Kier alpha value is -1.24. The number of thiophene rings is 1. The molecule has 0 amide bonds. The Bertz CT molecular complexity index is 698. The van der Waals surface area contributed by atoms with Gasteiger partial charge >= 0.3 is 0 Å². The summed E-state index contributed by atoms with van der Waals surface area (Å²) >= 11 is 1.54. The summed E-state index contributed by atoms with van der Waals surface area (Å²) in [5.74, 6) is -0.690. The Balaban J connectivity index is 2.01. The van der Waals surface area contributed by atoms with Crippen LogP contribution in [0.25, 0.3) is 0 Å². The zero-order chi connectivity index (χ0) is 14.2. The van der Waals surface area contributed by atoms with E-state index in [1.54, 1.807) is 6.07 Å². The maximum absolute atomic E-state index is 13.8. The Morgan fingerprint density at radius 3 is 2.70 bits per heavy atom. The standard InChI is InChI=1S/C14H14FNO2S2/c15-11-5-1-2-8-14(11)20(17,18)16-9-3-6-12(16)13-7-4-10-19-13/h1-2,4-5,7-8,10,12H,3,6,9H2/t12-/m1/s1. The molecule has 1 aromatic heterocycles. The van der Waals surface area contributed by atoms with Crippen LogP contribution in [0.4, 0.5) is 4.39 Å². The number of hydrogen-bond donors (Lipinski definition) is 0. The molecule has 20 heavy (non-hydrogen) atoms. The predicted octanol–water partition coefficient (Wildman–Crippen LogP) is 3.41. The summed E-state index contributed by atoms with van der Waals surface area (Å²) in [5, 5.41) is 1.93. The van der Waals surface area contributed by atoms with Crippen LogP contribution in [-0.2, 0) is 10.0 Å². The van der Waals surface area contributed by atoms with Crippen molar-refractivity contribution in [3.8, 4) is 0 Å². The topological polar surface area (TPSA) is 37.4 Å². The van der Waals surface area contributed by atoms with Gasteiger partial charge in [-0.2, -0.15) is 4.31 Å². The number of nitrogens with zero attached hydrogens (tertiary/aromatic N) is 1. The molecule has 0 aliphatic carbocycles. The molecule has 0 radical (unpaired) electrons. The SMILES string of the molecule is O=S(=O)(c1ccccc1F)N1CCC[C@@H]1c1cccs1. The van der Waals surface area contributed by atoms with Crippen LogP contribution in [-0.4, -0.2) is 19.3 Å². The van der Waals surface area contributed by atoms with E-state index in [4.69, 9.17) is 0 Å². The predicted molar refractivity (Wildman–Crippen MR) is 76.6 cm³/mol. The fourth-order valence-corrected chi connectivity index (χ4v) is 5.25. The molecule has 0 bridgehead atoms. The van der Waals surface area contributed by atoms with Gasteiger partial charge in [-0.3, -0.25) is 0 Å². The average Bonchev–Trinajstić information content (AvgIpc) is 3.10. The molecule has 3 rings (SSSR count). The summed E-state index contributed by atoms with van der Waals surface area (Å²) in [7, 11) is -3.78. The highest BCUT2D eigenvalue weighted by molar-refractivity contribution is 7.89. The van der Waals surface area contributed by atoms with Gasteiger partial charge in [0, 0.05) is 11.4 Å². The maximum Gasteiger partial charge on any atom is 0.246 e. The molecule has 0 spiro atoms. The number of hydrogen-bond acceptors (Lipinski definition) is 3. The molecular formula is C14H14FNO2S2. The first-order valence-corrected chi connectivity index (χ1v) is 8.72. The summed E-state index contributed by atoms with van der Waals surface area (Å²) in [6.07, 6.45) is 1.59. The van der Waals surface area contributed by atoms with Crippen molar-refractivity contribution in [1.29, 1.82) is 0 Å². The highest BCUT2D eigenvalue weighted by Crippen LogP contribution is 2.38. The summed E-state index contributed by atoms with van der Waals surface area (Å²) in [6.45, 7) is 0.444. The average molecular weight is 311 g/mol. The Morgan fingerprint density at radius 2 is 2.00 bits per heavy atom. The maximum atomic E-state index is 13.8. The molecule has 6 heteroatoms. The highest BCUT2D eigenvalue weighted by Gasteiger charge is 2.37. The smallest absolute Gasteiger partial charge is 0.207 e. The molecular weight excluding hydrogens is 297 g/mol. The number of benzene rings is 1. The van der Waals surface area contributed by atoms with Crippen molar-refractivity contribution < 1.29 is 12.8 Å². The molecule has 2 heterocycles. The van der Waals surface area contributed by atoms with Crippen LogP contribution in [0.2, 0.25) is 0 Å². The molecule has 1 aromatic carbocycles. The molecule has 2 aromatic rings. The Labute approximate surface area is 121 Å². The first-order valence-electron chi connectivity index (χ1n) is 6.40. The number of sulfonamides is 1. The molecule has 1 saturated heterocycles. The van der Waals surface area contributed by atoms with Gasteiger partial charge < -0.3 is 0 Å². The lowest BCUT2D eigenvalue weighted by atomic mass is 10.2. The zero-order valence-corrected chi connectivity index (χ0v) is 12.3. The number of rotatable bonds is 3. The molecule has 106 valence electrons. The van der Waals surface area contributed by atoms with Crippen LogP contribution >= 0.6 is 11.3 Å². The molecule has 1 atom stereocenters. The van der Waals surface area contributed by atoms with E-state index in [-0.39, 0.29) is 10.9 Å². The first kappa shape index (κ1) is 13.7. The van der Waals surface area contributed by atoms with E-state index in [9.17, 15) is 12.8 Å². The molecule has 1 aliphatic rings. The first-order chi connectivity index (χ1) is 9.60. The van der Waals surface area contributed by atoms with Crippen LogP contribution in [0, 0.1) is 5.82 Å². The third-order valence-corrected chi connectivity index (χ3v) is 6.41. The van der Waals surface area contributed by atoms with Crippen molar-refractivity contribution in [1.82, 2.24) is 4.31 Å². The molecule has 0 unspecified atom stereocenters. The van der Waals surface area contributed by atoms with Gasteiger partial charge in [0.25, 0.3) is 0 Å². The van der Waals surface area contributed by atoms with Gasteiger partial charge in [0.2, 0.25) is 10.0 Å². The van der Waals surface area contributed by atoms with Gasteiger partial charge in [-0.05, 0) is 36.4 Å². The Morgan fingerprint density at radius 1 is 1.20 bits per heavy atom. The van der Waals surface area contributed by atoms with Crippen molar-refractivity contribution in [2.45, 2.75) is 23.8 Å². The van der Waals surface area contributed by atoms with Crippen molar-refractivity contribution in [3.63, 3.8) is 0 Å². The van der Waals surface area contributed by atoms with Gasteiger partial charge in [-0.25, -0.2) is 12.8 Å². The molecule has 0 saturated carbocycles. The van der Waals surface area contributed by atoms with Crippen LogP contribution in [0.3, 0.4) is 0 Å². The zero-order valence-electron chi connectivity index (χ0n) is 10.7. The normalized spacial score (nSPS) is 20.4. The molecule has 0 N–H and O–H groups in total. The van der Waals surface area contributed by atoms with Crippen molar-refractivity contribution in [2.24, 2.45) is 0 Å². The summed E-state index contributed by atoms with van der Waals surface area (Å²) in [6, 6.07) is 9.23. The van der Waals surface area contributed by atoms with E-state index in [0.29, 0.717) is 6.54 Å². The van der Waals surface area contributed by atoms with E-state index in [1.807, 2.05) is 17.5 Å². The van der Waals surface area contributed by atoms with Gasteiger partial charge in [-0.1, -0.05) is 18.2 Å². The second-order valence-electron chi connectivity index (χ2n) is 4.72. The molecule has 1 aliphatic heterocycles. The van der Waals surface area contributed by atoms with Crippen molar-refractivity contribution in [3.05, 3.63) is 52.5 Å². The lowest BCUT2D eigenvalue weighted by Gasteiger charge is -2.23. The van der Waals surface area contributed by atoms with E-state index in [0.717, 1.165) is 17.7 Å². The third kappa shape index (κ3) is 2.28. The fourth-order valence-electron chi connectivity index (χ4n) is 2.57. The van der Waals surface area contributed by atoms with Gasteiger partial charge in [0.05, 0.1) is 6.04 Å². The quantitative estimate of drug-likeness (QED) is 0.871. The van der Waals surface area contributed by atoms with Gasteiger partial charge in [0.15, 0.2) is 0 Å². The van der Waals surface area contributed by atoms with E-state index >= 15 is 0 Å². The van der Waals surface area contributed by atoms with Crippen LogP contribution in [0.15, 0.2) is 46.7 Å². The van der Waals surface area contributed by atoms with E-state index < -0.39 is 15.8 Å². The lowest BCUT2D eigenvalue weighted by molar-refractivity contribution is 0.397. The highest BCUT2D eigenvalue weighted by atomic mass is 32.2. The van der Waals surface area contributed by atoms with Gasteiger partial charge in [-0.15, -0.1) is 11.3 Å².